The van der Waals surface area contributed by atoms with Crippen molar-refractivity contribution in [3.8, 4) is 23.3 Å². The third-order valence-corrected chi connectivity index (χ3v) is 5.25. The molecular weight excluding hydrogens is 422 g/mol. The zero-order chi connectivity index (χ0) is 23.8. The van der Waals surface area contributed by atoms with Crippen LogP contribution in [0.3, 0.4) is 0 Å². The minimum absolute atomic E-state index is 0.330. The Bertz CT molecular complexity index is 1260. The zero-order valence-corrected chi connectivity index (χ0v) is 19.4. The molecule has 0 spiro atoms. The van der Waals surface area contributed by atoms with Crippen molar-refractivity contribution in [2.75, 3.05) is 26.5 Å². The van der Waals surface area contributed by atoms with Gasteiger partial charge < -0.3 is 29.4 Å². The van der Waals surface area contributed by atoms with Crippen LogP contribution in [0.15, 0.2) is 24.5 Å². The molecule has 0 aliphatic carbocycles. The fourth-order valence-electron chi connectivity index (χ4n) is 3.76. The van der Waals surface area contributed by atoms with E-state index in [0.717, 1.165) is 11.3 Å². The molecule has 2 aromatic heterocycles. The van der Waals surface area contributed by atoms with Gasteiger partial charge in [0, 0.05) is 24.7 Å². The van der Waals surface area contributed by atoms with Gasteiger partial charge >= 0.3 is 6.09 Å². The quantitative estimate of drug-likeness (QED) is 0.599. The molecule has 1 amide bonds. The van der Waals surface area contributed by atoms with Gasteiger partial charge in [-0.05, 0) is 32.9 Å². The second-order valence-electron chi connectivity index (χ2n) is 8.68. The lowest BCUT2D eigenvalue weighted by atomic mass is 10.1. The van der Waals surface area contributed by atoms with Crippen LogP contribution in [0, 0.1) is 11.8 Å². The molecule has 0 fully saturated rings. The summed E-state index contributed by atoms with van der Waals surface area (Å²) in [6, 6.07) is 5.44. The zero-order valence-electron chi connectivity index (χ0n) is 19.4. The van der Waals surface area contributed by atoms with Gasteiger partial charge in [-0.25, -0.2) is 14.8 Å². The van der Waals surface area contributed by atoms with E-state index in [1.807, 2.05) is 37.5 Å². The van der Waals surface area contributed by atoms with Crippen LogP contribution in [0.1, 0.15) is 37.6 Å². The number of nitrogens with zero attached hydrogens (tertiary/aromatic N) is 4. The number of amides is 1. The van der Waals surface area contributed by atoms with Gasteiger partial charge in [0.05, 0.1) is 37.4 Å². The normalized spacial score (nSPS) is 13.2. The Morgan fingerprint density at radius 2 is 1.76 bits per heavy atom. The summed E-state index contributed by atoms with van der Waals surface area (Å²) in [5.41, 5.74) is 8.61. The highest BCUT2D eigenvalue weighted by Crippen LogP contribution is 2.31. The summed E-state index contributed by atoms with van der Waals surface area (Å²) in [7, 11) is 3.18. The lowest BCUT2D eigenvalue weighted by Crippen LogP contribution is -2.41. The lowest BCUT2D eigenvalue weighted by Gasteiger charge is -2.31. The van der Waals surface area contributed by atoms with Crippen molar-refractivity contribution >= 4 is 22.9 Å². The maximum Gasteiger partial charge on any atom is 0.410 e. The van der Waals surface area contributed by atoms with Gasteiger partial charge in [0.15, 0.2) is 0 Å². The molecule has 0 unspecified atom stereocenters. The van der Waals surface area contributed by atoms with E-state index >= 15 is 0 Å². The molecule has 0 atom stereocenters. The summed E-state index contributed by atoms with van der Waals surface area (Å²) >= 11 is 0. The molecule has 1 aliphatic rings. The van der Waals surface area contributed by atoms with Crippen molar-refractivity contribution in [1.82, 2.24) is 19.4 Å². The van der Waals surface area contributed by atoms with Gasteiger partial charge in [0.1, 0.15) is 34.9 Å². The number of hydrogen-bond acceptors (Lipinski definition) is 7. The summed E-state index contributed by atoms with van der Waals surface area (Å²) in [4.78, 5) is 23.0. The van der Waals surface area contributed by atoms with Crippen LogP contribution in [0.5, 0.6) is 11.5 Å². The van der Waals surface area contributed by atoms with Gasteiger partial charge in [-0.3, -0.25) is 0 Å². The van der Waals surface area contributed by atoms with Crippen LogP contribution in [0.2, 0.25) is 0 Å². The molecule has 33 heavy (non-hydrogen) atoms. The van der Waals surface area contributed by atoms with Crippen LogP contribution in [-0.4, -0.2) is 51.9 Å². The number of nitrogens with two attached hydrogens (primary N) is 1. The van der Waals surface area contributed by atoms with Crippen molar-refractivity contribution < 1.29 is 19.0 Å². The van der Waals surface area contributed by atoms with Crippen molar-refractivity contribution in [3.63, 3.8) is 0 Å². The van der Waals surface area contributed by atoms with Gasteiger partial charge in [0.2, 0.25) is 0 Å². The van der Waals surface area contributed by atoms with Crippen LogP contribution < -0.4 is 15.2 Å². The first-order chi connectivity index (χ1) is 15.7. The Morgan fingerprint density at radius 1 is 1.06 bits per heavy atom. The van der Waals surface area contributed by atoms with Crippen LogP contribution >= 0.6 is 0 Å². The Kier molecular flexibility index (Phi) is 5.77. The predicted molar refractivity (Wildman–Crippen MR) is 124 cm³/mol. The summed E-state index contributed by atoms with van der Waals surface area (Å²) < 4.78 is 18.3. The first-order valence-corrected chi connectivity index (χ1v) is 10.5. The average Bonchev–Trinajstić information content (AvgIpc) is 3.10. The van der Waals surface area contributed by atoms with Gasteiger partial charge in [-0.1, -0.05) is 11.8 Å². The highest BCUT2D eigenvalue weighted by atomic mass is 16.6. The number of nitrogen functional groups attached to an aromatic ring is 1. The third-order valence-electron chi connectivity index (χ3n) is 5.25. The van der Waals surface area contributed by atoms with E-state index in [9.17, 15) is 4.79 Å². The fraction of sp³-hybridized carbons (Fsp3) is 0.375. The highest BCUT2D eigenvalue weighted by molar-refractivity contribution is 5.94. The van der Waals surface area contributed by atoms with E-state index in [0.29, 0.717) is 53.5 Å². The number of carbonyl (C=O) groups excluding carboxylic acids is 1. The first kappa shape index (κ1) is 22.3. The number of methoxy groups -OCH3 is 2. The van der Waals surface area contributed by atoms with E-state index in [4.69, 9.17) is 19.9 Å². The number of rotatable bonds is 2. The maximum atomic E-state index is 12.7. The van der Waals surface area contributed by atoms with Gasteiger partial charge in [-0.2, -0.15) is 0 Å². The molecule has 0 radical (unpaired) electrons. The van der Waals surface area contributed by atoms with Crippen molar-refractivity contribution in [1.29, 1.82) is 0 Å². The fourth-order valence-corrected chi connectivity index (χ4v) is 3.76. The SMILES string of the molecule is COc1cc(C#Cc2c3n(c4ncnc(N)c24)CCN(C(=O)OC(C)(C)C)C3)cc(OC)c1. The van der Waals surface area contributed by atoms with E-state index in [2.05, 4.69) is 21.8 Å². The number of anilines is 1. The van der Waals surface area contributed by atoms with Crippen molar-refractivity contribution in [2.45, 2.75) is 39.5 Å². The maximum absolute atomic E-state index is 12.7. The molecule has 172 valence electrons. The third kappa shape index (κ3) is 4.51. The Labute approximate surface area is 192 Å². The standard InChI is InChI=1S/C24H27N5O4/c1-24(2,3)33-23(30)28-8-9-29-19(13-28)18(20-21(25)26-14-27-22(20)29)7-6-15-10-16(31-4)12-17(11-15)32-5/h10-12,14H,8-9,13H2,1-5H3,(H2,25,26,27). The highest BCUT2D eigenvalue weighted by Gasteiger charge is 2.30. The molecule has 9 nitrogen and oxygen atoms in total. The Hall–Kier alpha value is -3.93. The first-order valence-electron chi connectivity index (χ1n) is 10.5. The molecule has 1 aliphatic heterocycles. The molecule has 0 bridgehead atoms. The van der Waals surface area contributed by atoms with Gasteiger partial charge in [0.25, 0.3) is 0 Å². The van der Waals surface area contributed by atoms with Crippen molar-refractivity contribution in [2.24, 2.45) is 0 Å². The molecular formula is C24H27N5O4. The van der Waals surface area contributed by atoms with Gasteiger partial charge in [-0.15, -0.1) is 0 Å². The smallest absolute Gasteiger partial charge is 0.410 e. The largest absolute Gasteiger partial charge is 0.497 e. The number of carbonyl (C=O) groups is 1. The second kappa shape index (κ2) is 8.54. The number of ether oxygens (including phenoxy) is 3. The number of hydrogen-bond donors (Lipinski definition) is 1. The topological polar surface area (TPSA) is 105 Å². The second-order valence-corrected chi connectivity index (χ2v) is 8.68. The van der Waals surface area contributed by atoms with E-state index in [-0.39, 0.29) is 6.09 Å². The number of fused-ring (bicyclic) bond motifs is 3. The molecule has 4 rings (SSSR count). The van der Waals surface area contributed by atoms with Crippen LogP contribution in [0.4, 0.5) is 10.6 Å². The van der Waals surface area contributed by atoms with Crippen LogP contribution in [0.25, 0.3) is 11.0 Å². The lowest BCUT2D eigenvalue weighted by molar-refractivity contribution is 0.0200. The number of aromatic nitrogens is 3. The molecule has 9 heteroatoms. The summed E-state index contributed by atoms with van der Waals surface area (Å²) in [6.45, 7) is 6.92. The summed E-state index contributed by atoms with van der Waals surface area (Å²) in [5, 5.41) is 0.681. The Balaban J connectivity index is 1.80. The average molecular weight is 450 g/mol. The van der Waals surface area contributed by atoms with E-state index in [1.54, 1.807) is 25.2 Å². The van der Waals surface area contributed by atoms with Crippen molar-refractivity contribution in [3.05, 3.63) is 41.3 Å². The predicted octanol–water partition coefficient (Wildman–Crippen LogP) is 3.18. The van der Waals surface area contributed by atoms with Crippen LogP contribution in [-0.2, 0) is 17.8 Å². The summed E-state index contributed by atoms with van der Waals surface area (Å²) in [5.74, 6) is 8.05. The van der Waals surface area contributed by atoms with E-state index < -0.39 is 5.60 Å². The minimum Gasteiger partial charge on any atom is -0.497 e. The molecule has 3 aromatic rings. The molecule has 1 aromatic carbocycles. The Morgan fingerprint density at radius 3 is 2.39 bits per heavy atom. The minimum atomic E-state index is -0.578. The molecule has 0 saturated carbocycles. The monoisotopic (exact) mass is 449 g/mol. The molecule has 2 N–H and O–H groups in total. The molecule has 3 heterocycles. The summed E-state index contributed by atoms with van der Waals surface area (Å²) in [6.07, 6.45) is 1.07. The number of benzene rings is 1. The molecule has 0 saturated heterocycles. The van der Waals surface area contributed by atoms with E-state index in [1.165, 1.54) is 6.33 Å².